The van der Waals surface area contributed by atoms with Crippen LogP contribution >= 0.6 is 0 Å². The Morgan fingerprint density at radius 1 is 1.42 bits per heavy atom. The zero-order valence-electron chi connectivity index (χ0n) is 10.7. The van der Waals surface area contributed by atoms with Gasteiger partial charge in [0.05, 0.1) is 17.3 Å². The number of nitriles is 1. The highest BCUT2D eigenvalue weighted by molar-refractivity contribution is 7.92. The number of hydrogen-bond donors (Lipinski definition) is 1. The molecule has 0 fully saturated rings. The van der Waals surface area contributed by atoms with Crippen molar-refractivity contribution in [1.82, 2.24) is 0 Å². The van der Waals surface area contributed by atoms with E-state index in [4.69, 9.17) is 5.26 Å². The molecule has 0 saturated heterocycles. The molecule has 0 radical (unpaired) electrons. The lowest BCUT2D eigenvalue weighted by atomic mass is 10.1. The summed E-state index contributed by atoms with van der Waals surface area (Å²) >= 11 is 0. The van der Waals surface area contributed by atoms with E-state index in [-0.39, 0.29) is 11.3 Å². The van der Waals surface area contributed by atoms with Crippen molar-refractivity contribution in [1.29, 1.82) is 5.26 Å². The number of sulfone groups is 1. The van der Waals surface area contributed by atoms with E-state index in [1.807, 2.05) is 0 Å². The lowest BCUT2D eigenvalue weighted by Crippen LogP contribution is -2.44. The first-order valence-corrected chi connectivity index (χ1v) is 7.19. The highest BCUT2D eigenvalue weighted by atomic mass is 32.2. The van der Waals surface area contributed by atoms with Crippen molar-refractivity contribution in [2.24, 2.45) is 0 Å². The van der Waals surface area contributed by atoms with Crippen LogP contribution in [0.3, 0.4) is 0 Å². The van der Waals surface area contributed by atoms with E-state index in [0.717, 1.165) is 12.3 Å². The van der Waals surface area contributed by atoms with Crippen LogP contribution in [0.15, 0.2) is 18.2 Å². The molecule has 5 nitrogen and oxygen atoms in total. The molecule has 1 aromatic carbocycles. The molecule has 1 aromatic rings. The molecular formula is C12H13FN2O3S. The number of nitrogens with one attached hydrogen (secondary N) is 1. The molecular weight excluding hydrogens is 271 g/mol. The predicted molar refractivity (Wildman–Crippen MR) is 68.7 cm³/mol. The molecule has 7 heteroatoms. The summed E-state index contributed by atoms with van der Waals surface area (Å²) in [7, 11) is -3.63. The maximum absolute atomic E-state index is 13.6. The summed E-state index contributed by atoms with van der Waals surface area (Å²) in [5.74, 6) is -1.63. The van der Waals surface area contributed by atoms with Gasteiger partial charge in [0.15, 0.2) is 9.84 Å². The summed E-state index contributed by atoms with van der Waals surface area (Å²) in [6.07, 6.45) is 0.932. The van der Waals surface area contributed by atoms with E-state index in [2.05, 4.69) is 5.32 Å². The minimum Gasteiger partial charge on any atom is -0.322 e. The van der Waals surface area contributed by atoms with Crippen molar-refractivity contribution >= 4 is 21.4 Å². The topological polar surface area (TPSA) is 87.0 Å². The number of carbonyl (C=O) groups excluding carboxylic acids is 1. The first kappa shape index (κ1) is 15.1. The van der Waals surface area contributed by atoms with Crippen molar-refractivity contribution in [2.45, 2.75) is 18.6 Å². The molecule has 0 aliphatic carbocycles. The molecule has 0 aliphatic heterocycles. The third-order valence-electron chi connectivity index (χ3n) is 2.82. The number of nitrogens with zero attached hydrogens (tertiary/aromatic N) is 1. The maximum Gasteiger partial charge on any atom is 0.245 e. The van der Waals surface area contributed by atoms with Crippen molar-refractivity contribution in [3.63, 3.8) is 0 Å². The van der Waals surface area contributed by atoms with Gasteiger partial charge < -0.3 is 5.32 Å². The van der Waals surface area contributed by atoms with E-state index < -0.39 is 26.3 Å². The van der Waals surface area contributed by atoms with Crippen LogP contribution in [0.4, 0.5) is 10.1 Å². The summed E-state index contributed by atoms with van der Waals surface area (Å²) in [5, 5.41) is 10.8. The Morgan fingerprint density at radius 3 is 2.42 bits per heavy atom. The summed E-state index contributed by atoms with van der Waals surface area (Å²) in [6, 6.07) is 5.25. The van der Waals surface area contributed by atoms with Gasteiger partial charge in [-0.2, -0.15) is 5.26 Å². The number of carbonyl (C=O) groups is 1. The Hall–Kier alpha value is -1.94. The largest absolute Gasteiger partial charge is 0.322 e. The fraction of sp³-hybridized carbons (Fsp3) is 0.333. The van der Waals surface area contributed by atoms with Crippen LogP contribution in [0.5, 0.6) is 0 Å². The maximum atomic E-state index is 13.6. The number of anilines is 1. The minimum absolute atomic E-state index is 0.109. The molecule has 1 amide bonds. The van der Waals surface area contributed by atoms with Gasteiger partial charge in [-0.1, -0.05) is 0 Å². The first-order chi connectivity index (χ1) is 8.59. The molecule has 1 N–H and O–H groups in total. The average Bonchev–Trinajstić information content (AvgIpc) is 2.30. The van der Waals surface area contributed by atoms with Crippen molar-refractivity contribution < 1.29 is 17.6 Å². The minimum atomic E-state index is -3.63. The van der Waals surface area contributed by atoms with Gasteiger partial charge in [0.1, 0.15) is 10.6 Å². The van der Waals surface area contributed by atoms with Crippen molar-refractivity contribution in [3.8, 4) is 6.07 Å². The Kier molecular flexibility index (Phi) is 3.96. The Morgan fingerprint density at radius 2 is 2.00 bits per heavy atom. The van der Waals surface area contributed by atoms with Crippen LogP contribution in [-0.2, 0) is 14.6 Å². The van der Waals surface area contributed by atoms with Crippen LogP contribution in [0.2, 0.25) is 0 Å². The monoisotopic (exact) mass is 284 g/mol. The quantitative estimate of drug-likeness (QED) is 0.910. The molecule has 0 saturated carbocycles. The second kappa shape index (κ2) is 4.97. The predicted octanol–water partition coefficient (Wildman–Crippen LogP) is 1.46. The molecule has 0 aromatic heterocycles. The van der Waals surface area contributed by atoms with Gasteiger partial charge in [-0.3, -0.25) is 4.79 Å². The number of halogens is 1. The highest BCUT2D eigenvalue weighted by Crippen LogP contribution is 2.21. The summed E-state index contributed by atoms with van der Waals surface area (Å²) in [4.78, 5) is 11.9. The summed E-state index contributed by atoms with van der Waals surface area (Å²) in [6.45, 7) is 2.47. The first-order valence-electron chi connectivity index (χ1n) is 5.30. The Balaban J connectivity index is 3.05. The molecule has 0 atom stereocenters. The number of rotatable bonds is 3. The summed E-state index contributed by atoms with van der Waals surface area (Å²) < 4.78 is 34.8. The number of hydrogen-bond acceptors (Lipinski definition) is 4. The molecule has 0 heterocycles. The fourth-order valence-corrected chi connectivity index (χ4v) is 1.52. The SMILES string of the molecule is CC(C)(C(=O)Nc1ccc(C#N)cc1F)S(C)(=O)=O. The lowest BCUT2D eigenvalue weighted by Gasteiger charge is -2.21. The molecule has 0 unspecified atom stereocenters. The van der Waals surface area contributed by atoms with Gasteiger partial charge in [-0.25, -0.2) is 12.8 Å². The molecule has 1 rings (SSSR count). The second-order valence-corrected chi connectivity index (χ2v) is 7.11. The van der Waals surface area contributed by atoms with Gasteiger partial charge in [0, 0.05) is 6.26 Å². The van der Waals surface area contributed by atoms with E-state index in [0.29, 0.717) is 0 Å². The third kappa shape index (κ3) is 3.09. The standard InChI is InChI=1S/C12H13FN2O3S/c1-12(2,19(3,17)18)11(16)15-10-5-4-8(7-14)6-9(10)13/h4-6H,1-3H3,(H,15,16). The van der Waals surface area contributed by atoms with Crippen LogP contribution in [0.1, 0.15) is 19.4 Å². The van der Waals surface area contributed by atoms with Crippen LogP contribution in [0, 0.1) is 17.1 Å². The van der Waals surface area contributed by atoms with Gasteiger partial charge in [-0.15, -0.1) is 0 Å². The molecule has 0 bridgehead atoms. The number of benzene rings is 1. The van der Waals surface area contributed by atoms with Gasteiger partial charge >= 0.3 is 0 Å². The van der Waals surface area contributed by atoms with E-state index >= 15 is 0 Å². The smallest absolute Gasteiger partial charge is 0.245 e. The average molecular weight is 284 g/mol. The third-order valence-corrected chi connectivity index (χ3v) is 4.86. The van der Waals surface area contributed by atoms with Gasteiger partial charge in [0.25, 0.3) is 0 Å². The van der Waals surface area contributed by atoms with Crippen LogP contribution < -0.4 is 5.32 Å². The molecule has 102 valence electrons. The zero-order chi connectivity index (χ0) is 14.8. The zero-order valence-corrected chi connectivity index (χ0v) is 11.5. The summed E-state index contributed by atoms with van der Waals surface area (Å²) in [5.41, 5.74) is -0.0569. The second-order valence-electron chi connectivity index (χ2n) is 4.54. The molecule has 19 heavy (non-hydrogen) atoms. The van der Waals surface area contributed by atoms with Gasteiger partial charge in [-0.05, 0) is 32.0 Å². The number of amides is 1. The van der Waals surface area contributed by atoms with Gasteiger partial charge in [0.2, 0.25) is 5.91 Å². The van der Waals surface area contributed by atoms with Crippen molar-refractivity contribution in [2.75, 3.05) is 11.6 Å². The van der Waals surface area contributed by atoms with Crippen LogP contribution in [-0.4, -0.2) is 25.3 Å². The Labute approximate surface area is 111 Å². The van der Waals surface area contributed by atoms with Crippen molar-refractivity contribution in [3.05, 3.63) is 29.6 Å². The van der Waals surface area contributed by atoms with Crippen LogP contribution in [0.25, 0.3) is 0 Å². The normalized spacial score (nSPS) is 11.7. The van der Waals surface area contributed by atoms with E-state index in [1.54, 1.807) is 6.07 Å². The molecule has 0 spiro atoms. The van der Waals surface area contributed by atoms with E-state index in [9.17, 15) is 17.6 Å². The van der Waals surface area contributed by atoms with E-state index in [1.165, 1.54) is 26.0 Å². The lowest BCUT2D eigenvalue weighted by molar-refractivity contribution is -0.117. The Bertz CT molecular complexity index is 660. The molecule has 0 aliphatic rings. The highest BCUT2D eigenvalue weighted by Gasteiger charge is 2.38. The fourth-order valence-electron chi connectivity index (χ4n) is 1.13.